The molecule has 0 bridgehead atoms. The Morgan fingerprint density at radius 2 is 1.96 bits per heavy atom. The van der Waals surface area contributed by atoms with Crippen molar-refractivity contribution >= 4 is 11.3 Å². The standard InChI is InChI=1S/C18H16N4S/c1-14(21-11-9-19-18(21)15-7-12-23-13-15)16-5-2-3-6-17(16)22-10-4-8-20-22/h2-14H,1H3/t14-/m0/s1. The van der Waals surface area contributed by atoms with Gasteiger partial charge in [-0.15, -0.1) is 0 Å². The zero-order chi connectivity index (χ0) is 15.6. The van der Waals surface area contributed by atoms with Gasteiger partial charge >= 0.3 is 0 Å². The van der Waals surface area contributed by atoms with Gasteiger partial charge in [-0.2, -0.15) is 16.4 Å². The van der Waals surface area contributed by atoms with Crippen LogP contribution in [-0.2, 0) is 0 Å². The summed E-state index contributed by atoms with van der Waals surface area (Å²) >= 11 is 1.69. The van der Waals surface area contributed by atoms with E-state index in [4.69, 9.17) is 0 Å². The molecular weight excluding hydrogens is 304 g/mol. The van der Waals surface area contributed by atoms with Crippen molar-refractivity contribution in [1.82, 2.24) is 19.3 Å². The Balaban J connectivity index is 1.80. The summed E-state index contributed by atoms with van der Waals surface area (Å²) in [5.41, 5.74) is 3.46. The van der Waals surface area contributed by atoms with Crippen molar-refractivity contribution in [3.63, 3.8) is 0 Å². The van der Waals surface area contributed by atoms with Gasteiger partial charge in [0.2, 0.25) is 0 Å². The van der Waals surface area contributed by atoms with Crippen LogP contribution in [0.25, 0.3) is 17.1 Å². The van der Waals surface area contributed by atoms with E-state index in [9.17, 15) is 0 Å². The lowest BCUT2D eigenvalue weighted by atomic mass is 10.1. The minimum Gasteiger partial charge on any atom is -0.324 e. The maximum absolute atomic E-state index is 4.54. The number of thiophene rings is 1. The van der Waals surface area contributed by atoms with E-state index < -0.39 is 0 Å². The summed E-state index contributed by atoms with van der Waals surface area (Å²) < 4.78 is 4.12. The molecule has 0 N–H and O–H groups in total. The first-order valence-corrected chi connectivity index (χ1v) is 8.43. The highest BCUT2D eigenvalue weighted by Crippen LogP contribution is 2.29. The van der Waals surface area contributed by atoms with Crippen LogP contribution in [-0.4, -0.2) is 19.3 Å². The summed E-state index contributed by atoms with van der Waals surface area (Å²) in [6.07, 6.45) is 7.67. The van der Waals surface area contributed by atoms with Crippen LogP contribution in [0, 0.1) is 0 Å². The number of aromatic nitrogens is 4. The second-order valence-corrected chi connectivity index (χ2v) is 6.14. The van der Waals surface area contributed by atoms with Gasteiger partial charge in [0.05, 0.1) is 11.7 Å². The fourth-order valence-electron chi connectivity index (χ4n) is 2.85. The lowest BCUT2D eigenvalue weighted by Gasteiger charge is -2.19. The number of para-hydroxylation sites is 1. The highest BCUT2D eigenvalue weighted by Gasteiger charge is 2.17. The van der Waals surface area contributed by atoms with Gasteiger partial charge in [-0.05, 0) is 30.5 Å². The van der Waals surface area contributed by atoms with E-state index in [1.165, 1.54) is 5.56 Å². The molecule has 1 aromatic carbocycles. The van der Waals surface area contributed by atoms with Crippen molar-refractivity contribution in [2.75, 3.05) is 0 Å². The van der Waals surface area contributed by atoms with Crippen molar-refractivity contribution in [1.29, 1.82) is 0 Å². The minimum atomic E-state index is 0.160. The molecule has 0 aliphatic carbocycles. The van der Waals surface area contributed by atoms with Gasteiger partial charge in [0.1, 0.15) is 5.82 Å². The van der Waals surface area contributed by atoms with Crippen LogP contribution < -0.4 is 0 Å². The first kappa shape index (κ1) is 14.0. The Hall–Kier alpha value is -2.66. The van der Waals surface area contributed by atoms with E-state index >= 15 is 0 Å². The van der Waals surface area contributed by atoms with Crippen molar-refractivity contribution in [2.45, 2.75) is 13.0 Å². The third-order valence-corrected chi connectivity index (χ3v) is 4.69. The molecule has 114 valence electrons. The molecule has 0 fully saturated rings. The molecule has 0 radical (unpaired) electrons. The Bertz CT molecular complexity index is 891. The molecule has 0 amide bonds. The molecular formula is C18H16N4S. The van der Waals surface area contributed by atoms with Crippen molar-refractivity contribution in [3.8, 4) is 17.1 Å². The predicted octanol–water partition coefficient (Wildman–Crippen LogP) is 4.41. The van der Waals surface area contributed by atoms with E-state index in [2.05, 4.69) is 56.6 Å². The summed E-state index contributed by atoms with van der Waals surface area (Å²) in [6, 6.07) is 12.6. The van der Waals surface area contributed by atoms with Crippen molar-refractivity contribution < 1.29 is 0 Å². The van der Waals surface area contributed by atoms with Gasteiger partial charge in [-0.1, -0.05) is 18.2 Å². The van der Waals surface area contributed by atoms with Gasteiger partial charge < -0.3 is 4.57 Å². The number of hydrogen-bond acceptors (Lipinski definition) is 3. The number of rotatable bonds is 4. The van der Waals surface area contributed by atoms with Gasteiger partial charge in [0, 0.05) is 41.3 Å². The van der Waals surface area contributed by atoms with Crippen LogP contribution in [0.3, 0.4) is 0 Å². The quantitative estimate of drug-likeness (QED) is 0.558. The Morgan fingerprint density at radius 3 is 2.74 bits per heavy atom. The average Bonchev–Trinajstić information content (AvgIpc) is 3.35. The Morgan fingerprint density at radius 1 is 1.04 bits per heavy atom. The van der Waals surface area contributed by atoms with Crippen LogP contribution in [0.1, 0.15) is 18.5 Å². The lowest BCUT2D eigenvalue weighted by molar-refractivity contribution is 0.638. The molecule has 23 heavy (non-hydrogen) atoms. The normalized spacial score (nSPS) is 12.4. The van der Waals surface area contributed by atoms with E-state index in [0.717, 1.165) is 17.1 Å². The highest BCUT2D eigenvalue weighted by atomic mass is 32.1. The average molecular weight is 320 g/mol. The van der Waals surface area contributed by atoms with E-state index in [0.29, 0.717) is 0 Å². The third kappa shape index (κ3) is 2.49. The molecule has 4 rings (SSSR count). The fraction of sp³-hybridized carbons (Fsp3) is 0.111. The smallest absolute Gasteiger partial charge is 0.141 e. The van der Waals surface area contributed by atoms with Crippen LogP contribution in [0.4, 0.5) is 0 Å². The summed E-state index contributed by atoms with van der Waals surface area (Å²) in [6.45, 7) is 2.19. The summed E-state index contributed by atoms with van der Waals surface area (Å²) in [4.78, 5) is 4.54. The van der Waals surface area contributed by atoms with Crippen LogP contribution in [0.2, 0.25) is 0 Å². The molecule has 0 saturated carbocycles. The summed E-state index contributed by atoms with van der Waals surface area (Å²) in [5, 5.41) is 8.59. The van der Waals surface area contributed by atoms with E-state index in [-0.39, 0.29) is 6.04 Å². The van der Waals surface area contributed by atoms with Gasteiger partial charge in [0.15, 0.2) is 0 Å². The molecule has 4 aromatic rings. The summed E-state index contributed by atoms with van der Waals surface area (Å²) in [7, 11) is 0. The molecule has 0 saturated heterocycles. The zero-order valence-electron chi connectivity index (χ0n) is 12.7. The minimum absolute atomic E-state index is 0.160. The van der Waals surface area contributed by atoms with Gasteiger partial charge in [0.25, 0.3) is 0 Å². The number of benzene rings is 1. The Labute approximate surface area is 138 Å². The van der Waals surface area contributed by atoms with Crippen molar-refractivity contribution in [3.05, 3.63) is 77.5 Å². The SMILES string of the molecule is C[C@@H](c1ccccc1-n1cccn1)n1ccnc1-c1ccsc1. The highest BCUT2D eigenvalue weighted by molar-refractivity contribution is 7.08. The molecule has 0 unspecified atom stereocenters. The molecule has 0 spiro atoms. The fourth-order valence-corrected chi connectivity index (χ4v) is 3.49. The molecule has 3 heterocycles. The molecule has 4 nitrogen and oxygen atoms in total. The van der Waals surface area contributed by atoms with Crippen LogP contribution in [0.15, 0.2) is 71.9 Å². The van der Waals surface area contributed by atoms with Crippen LogP contribution in [0.5, 0.6) is 0 Å². The van der Waals surface area contributed by atoms with Gasteiger partial charge in [-0.25, -0.2) is 9.67 Å². The third-order valence-electron chi connectivity index (χ3n) is 4.00. The first-order valence-electron chi connectivity index (χ1n) is 7.49. The van der Waals surface area contributed by atoms with E-state index in [1.807, 2.05) is 35.4 Å². The molecule has 0 aliphatic heterocycles. The maximum atomic E-state index is 4.54. The molecule has 3 aromatic heterocycles. The van der Waals surface area contributed by atoms with Crippen molar-refractivity contribution in [2.24, 2.45) is 0 Å². The van der Waals surface area contributed by atoms with E-state index in [1.54, 1.807) is 17.5 Å². The van der Waals surface area contributed by atoms with Crippen LogP contribution >= 0.6 is 11.3 Å². The number of hydrogen-bond donors (Lipinski definition) is 0. The first-order chi connectivity index (χ1) is 11.3. The maximum Gasteiger partial charge on any atom is 0.141 e. The molecule has 5 heteroatoms. The second kappa shape index (κ2) is 5.85. The monoisotopic (exact) mass is 320 g/mol. The summed E-state index contributed by atoms with van der Waals surface area (Å²) in [5.74, 6) is 0.994. The number of nitrogens with zero attached hydrogens (tertiary/aromatic N) is 4. The Kier molecular flexibility index (Phi) is 3.55. The lowest BCUT2D eigenvalue weighted by Crippen LogP contribution is -2.11. The second-order valence-electron chi connectivity index (χ2n) is 5.36. The topological polar surface area (TPSA) is 35.6 Å². The predicted molar refractivity (Wildman–Crippen MR) is 92.9 cm³/mol. The van der Waals surface area contributed by atoms with Gasteiger partial charge in [-0.3, -0.25) is 0 Å². The zero-order valence-corrected chi connectivity index (χ0v) is 13.5. The largest absolute Gasteiger partial charge is 0.324 e. The molecule has 0 aliphatic rings. The molecule has 1 atom stereocenters. The number of imidazole rings is 1.